The molecular formula is C19H30F6O. The van der Waals surface area contributed by atoms with Crippen LogP contribution in [0.1, 0.15) is 60.8 Å². The zero-order valence-electron chi connectivity index (χ0n) is 16.2. The molecule has 2 rings (SSSR count). The first-order chi connectivity index (χ1) is 11.3. The Bertz CT molecular complexity index is 508. The molecule has 2 fully saturated rings. The minimum absolute atomic E-state index is 0.0389. The van der Waals surface area contributed by atoms with Crippen LogP contribution >= 0.6 is 0 Å². The second-order valence-electron chi connectivity index (χ2n) is 10.5. The van der Waals surface area contributed by atoms with Crippen molar-refractivity contribution in [3.63, 3.8) is 0 Å². The SMILES string of the molecule is CC(C)(C)C1C2CC(CC(O)(C(F)(F)F)C(F)(F)F)C(C2)C1C(C)(C)C. The van der Waals surface area contributed by atoms with E-state index in [1.807, 2.05) is 20.8 Å². The molecule has 2 aliphatic rings. The minimum atomic E-state index is -5.73. The summed E-state index contributed by atoms with van der Waals surface area (Å²) < 4.78 is 78.7. The van der Waals surface area contributed by atoms with Gasteiger partial charge in [0.05, 0.1) is 0 Å². The molecule has 26 heavy (non-hydrogen) atoms. The topological polar surface area (TPSA) is 20.2 Å². The van der Waals surface area contributed by atoms with Crippen molar-refractivity contribution < 1.29 is 31.4 Å². The Morgan fingerprint density at radius 2 is 1.15 bits per heavy atom. The van der Waals surface area contributed by atoms with E-state index in [0.717, 1.165) is 0 Å². The fraction of sp³-hybridized carbons (Fsp3) is 1.00. The largest absolute Gasteiger partial charge is 0.426 e. The van der Waals surface area contributed by atoms with Crippen molar-refractivity contribution in [1.29, 1.82) is 0 Å². The summed E-state index contributed by atoms with van der Waals surface area (Å²) in [6.45, 7) is 12.3. The molecule has 7 heteroatoms. The highest BCUT2D eigenvalue weighted by atomic mass is 19.4. The predicted molar refractivity (Wildman–Crippen MR) is 87.3 cm³/mol. The highest BCUT2D eigenvalue weighted by Gasteiger charge is 2.72. The van der Waals surface area contributed by atoms with E-state index in [2.05, 4.69) is 20.8 Å². The van der Waals surface area contributed by atoms with Gasteiger partial charge in [-0.3, -0.25) is 0 Å². The summed E-state index contributed by atoms with van der Waals surface area (Å²) in [5.74, 6) is -0.581. The van der Waals surface area contributed by atoms with Gasteiger partial charge in [-0.25, -0.2) is 0 Å². The van der Waals surface area contributed by atoms with Crippen LogP contribution in [0, 0.1) is 40.4 Å². The van der Waals surface area contributed by atoms with Crippen LogP contribution in [0.5, 0.6) is 0 Å². The minimum Gasteiger partial charge on any atom is -0.374 e. The van der Waals surface area contributed by atoms with Crippen molar-refractivity contribution in [3.05, 3.63) is 0 Å². The average molecular weight is 388 g/mol. The quantitative estimate of drug-likeness (QED) is 0.558. The van der Waals surface area contributed by atoms with Crippen molar-refractivity contribution in [2.75, 3.05) is 0 Å². The summed E-state index contributed by atoms with van der Waals surface area (Å²) in [4.78, 5) is 0. The number of hydrogen-bond acceptors (Lipinski definition) is 1. The van der Waals surface area contributed by atoms with Gasteiger partial charge in [-0.15, -0.1) is 0 Å². The number of hydrogen-bond donors (Lipinski definition) is 1. The Labute approximate surface area is 151 Å². The van der Waals surface area contributed by atoms with Gasteiger partial charge in [-0.1, -0.05) is 41.5 Å². The van der Waals surface area contributed by atoms with Gasteiger partial charge < -0.3 is 5.11 Å². The van der Waals surface area contributed by atoms with Crippen molar-refractivity contribution in [1.82, 2.24) is 0 Å². The maximum absolute atomic E-state index is 13.1. The predicted octanol–water partition coefficient (Wildman–Crippen LogP) is 6.21. The molecule has 0 radical (unpaired) electrons. The zero-order chi connectivity index (χ0) is 20.5. The van der Waals surface area contributed by atoms with Gasteiger partial charge in [0.15, 0.2) is 0 Å². The molecule has 5 atom stereocenters. The van der Waals surface area contributed by atoms with Crippen molar-refractivity contribution >= 4 is 0 Å². The van der Waals surface area contributed by atoms with E-state index in [-0.39, 0.29) is 34.5 Å². The maximum Gasteiger partial charge on any atom is 0.426 e. The van der Waals surface area contributed by atoms with Gasteiger partial charge >= 0.3 is 12.4 Å². The Morgan fingerprint density at radius 1 is 0.731 bits per heavy atom. The third kappa shape index (κ3) is 3.49. The van der Waals surface area contributed by atoms with E-state index in [0.29, 0.717) is 12.8 Å². The molecule has 0 amide bonds. The van der Waals surface area contributed by atoms with Crippen molar-refractivity contribution in [3.8, 4) is 0 Å². The summed E-state index contributed by atoms with van der Waals surface area (Å²) >= 11 is 0. The van der Waals surface area contributed by atoms with Crippen LogP contribution in [0.3, 0.4) is 0 Å². The van der Waals surface area contributed by atoms with E-state index >= 15 is 0 Å². The first kappa shape index (κ1) is 21.8. The van der Waals surface area contributed by atoms with Crippen LogP contribution in [0.25, 0.3) is 0 Å². The van der Waals surface area contributed by atoms with Gasteiger partial charge in [0.25, 0.3) is 5.60 Å². The van der Waals surface area contributed by atoms with Gasteiger partial charge in [-0.05, 0) is 59.7 Å². The van der Waals surface area contributed by atoms with Crippen LogP contribution in [0.2, 0.25) is 0 Å². The number of aliphatic hydroxyl groups is 1. The van der Waals surface area contributed by atoms with E-state index in [1.54, 1.807) is 0 Å². The van der Waals surface area contributed by atoms with Crippen LogP contribution in [-0.2, 0) is 0 Å². The summed E-state index contributed by atoms with van der Waals surface area (Å²) in [5, 5.41) is 9.64. The molecule has 2 aliphatic carbocycles. The molecule has 1 N–H and O–H groups in total. The second-order valence-corrected chi connectivity index (χ2v) is 10.5. The second kappa shape index (κ2) is 6.02. The fourth-order valence-corrected chi connectivity index (χ4v) is 5.93. The van der Waals surface area contributed by atoms with Crippen molar-refractivity contribution in [2.24, 2.45) is 40.4 Å². The van der Waals surface area contributed by atoms with Gasteiger partial charge in [0.2, 0.25) is 0 Å². The molecule has 2 saturated carbocycles. The summed E-state index contributed by atoms with van der Waals surface area (Å²) in [6, 6.07) is 0. The lowest BCUT2D eigenvalue weighted by Crippen LogP contribution is -2.58. The number of rotatable bonds is 2. The number of fused-ring (bicyclic) bond motifs is 2. The standard InChI is InChI=1S/C19H30F6O/c1-15(2,3)13-10-7-11(12(8-10)14(13)16(4,5)6)9-17(26,18(20,21)22)19(23,24)25/h10-14,26H,7-9H2,1-6H3. The molecular weight excluding hydrogens is 358 g/mol. The smallest absolute Gasteiger partial charge is 0.374 e. The molecule has 0 heterocycles. The van der Waals surface area contributed by atoms with Crippen molar-refractivity contribution in [2.45, 2.75) is 78.8 Å². The molecule has 0 aliphatic heterocycles. The summed E-state index contributed by atoms with van der Waals surface area (Å²) in [7, 11) is 0. The monoisotopic (exact) mass is 388 g/mol. The van der Waals surface area contributed by atoms with Crippen LogP contribution in [0.4, 0.5) is 26.3 Å². The summed E-state index contributed by atoms with van der Waals surface area (Å²) in [5.41, 5.74) is -4.91. The van der Waals surface area contributed by atoms with Gasteiger partial charge in [-0.2, -0.15) is 26.3 Å². The third-order valence-corrected chi connectivity index (χ3v) is 6.64. The van der Waals surface area contributed by atoms with Crippen LogP contribution in [-0.4, -0.2) is 23.1 Å². The Balaban J connectivity index is 2.36. The fourth-order valence-electron chi connectivity index (χ4n) is 5.93. The maximum atomic E-state index is 13.1. The number of halogens is 6. The van der Waals surface area contributed by atoms with Crippen LogP contribution in [0.15, 0.2) is 0 Å². The highest BCUT2D eigenvalue weighted by Crippen LogP contribution is 2.66. The lowest BCUT2D eigenvalue weighted by molar-refractivity contribution is -0.373. The molecule has 0 saturated heterocycles. The molecule has 0 aromatic rings. The van der Waals surface area contributed by atoms with Gasteiger partial charge in [0, 0.05) is 0 Å². The van der Waals surface area contributed by atoms with E-state index < -0.39 is 30.3 Å². The molecule has 2 bridgehead atoms. The first-order valence-corrected chi connectivity index (χ1v) is 9.16. The molecule has 1 nitrogen and oxygen atoms in total. The first-order valence-electron chi connectivity index (χ1n) is 9.16. The third-order valence-electron chi connectivity index (χ3n) is 6.64. The summed E-state index contributed by atoms with van der Waals surface area (Å²) in [6.07, 6.45) is -11.8. The van der Waals surface area contributed by atoms with Gasteiger partial charge in [0.1, 0.15) is 0 Å². The Kier molecular flexibility index (Phi) is 5.05. The zero-order valence-corrected chi connectivity index (χ0v) is 16.2. The molecule has 0 aromatic carbocycles. The van der Waals surface area contributed by atoms with Crippen LogP contribution < -0.4 is 0 Å². The lowest BCUT2D eigenvalue weighted by Gasteiger charge is -2.49. The normalized spacial score (nSPS) is 33.8. The highest BCUT2D eigenvalue weighted by molar-refractivity contribution is 5.09. The molecule has 0 aromatic heterocycles. The molecule has 0 spiro atoms. The Hall–Kier alpha value is -0.460. The lowest BCUT2D eigenvalue weighted by atomic mass is 9.56. The number of alkyl halides is 6. The molecule has 154 valence electrons. The molecule has 5 unspecified atom stereocenters. The van der Waals surface area contributed by atoms with E-state index in [9.17, 15) is 31.4 Å². The Morgan fingerprint density at radius 3 is 1.50 bits per heavy atom. The average Bonchev–Trinajstić information content (AvgIpc) is 2.91. The van der Waals surface area contributed by atoms with E-state index in [1.165, 1.54) is 0 Å². The van der Waals surface area contributed by atoms with E-state index in [4.69, 9.17) is 0 Å².